The summed E-state index contributed by atoms with van der Waals surface area (Å²) in [5.41, 5.74) is 1.35. The number of hydrogen-bond donors (Lipinski definition) is 0. The summed E-state index contributed by atoms with van der Waals surface area (Å²) >= 11 is 0. The Morgan fingerprint density at radius 3 is 2.48 bits per heavy atom. The fourth-order valence-corrected chi connectivity index (χ4v) is 5.88. The van der Waals surface area contributed by atoms with Crippen molar-refractivity contribution in [1.82, 2.24) is 0 Å². The van der Waals surface area contributed by atoms with Crippen LogP contribution in [0.3, 0.4) is 0 Å². The Kier molecular flexibility index (Phi) is 10.6. The Labute approximate surface area is 156 Å². The molecule has 0 aromatic carbocycles. The monoisotopic (exact) mass is 366 g/mol. The van der Waals surface area contributed by atoms with E-state index >= 15 is 0 Å². The lowest BCUT2D eigenvalue weighted by molar-refractivity contribution is -0.117. The third-order valence-electron chi connectivity index (χ3n) is 5.22. The fourth-order valence-electron chi connectivity index (χ4n) is 3.16. The molecule has 1 heterocycles. The normalized spacial score (nSPS) is 23.4. The second-order valence-electron chi connectivity index (χ2n) is 6.93. The van der Waals surface area contributed by atoms with Gasteiger partial charge < -0.3 is 13.9 Å². The molecule has 25 heavy (non-hydrogen) atoms. The van der Waals surface area contributed by atoms with Gasteiger partial charge in [-0.05, 0) is 43.0 Å². The van der Waals surface area contributed by atoms with Crippen molar-refractivity contribution in [2.45, 2.75) is 78.0 Å². The van der Waals surface area contributed by atoms with Gasteiger partial charge in [-0.1, -0.05) is 64.5 Å². The average molecular weight is 367 g/mol. The molecule has 144 valence electrons. The second-order valence-corrected chi connectivity index (χ2v) is 11.7. The predicted octanol–water partition coefficient (Wildman–Crippen LogP) is 5.85. The maximum absolute atomic E-state index is 6.43. The van der Waals surface area contributed by atoms with Crippen molar-refractivity contribution >= 4 is 8.32 Å². The topological polar surface area (TPSA) is 27.7 Å². The van der Waals surface area contributed by atoms with E-state index in [0.717, 1.165) is 19.4 Å². The Balaban J connectivity index is 2.59. The van der Waals surface area contributed by atoms with Gasteiger partial charge in [0.1, 0.15) is 0 Å². The lowest BCUT2D eigenvalue weighted by atomic mass is 10.0. The number of methoxy groups -OCH3 is 1. The summed E-state index contributed by atoms with van der Waals surface area (Å²) in [4.78, 5) is 0. The van der Waals surface area contributed by atoms with Crippen LogP contribution in [0.2, 0.25) is 18.1 Å². The lowest BCUT2D eigenvalue weighted by Crippen LogP contribution is -2.37. The predicted molar refractivity (Wildman–Crippen MR) is 109 cm³/mol. The van der Waals surface area contributed by atoms with E-state index < -0.39 is 8.32 Å². The number of hydrogen-bond acceptors (Lipinski definition) is 3. The lowest BCUT2D eigenvalue weighted by Gasteiger charge is -2.29. The molecule has 3 nitrogen and oxygen atoms in total. The molecule has 0 aromatic rings. The van der Waals surface area contributed by atoms with Gasteiger partial charge in [0.2, 0.25) is 0 Å². The van der Waals surface area contributed by atoms with E-state index in [0.29, 0.717) is 5.92 Å². The van der Waals surface area contributed by atoms with Crippen LogP contribution < -0.4 is 0 Å². The maximum atomic E-state index is 6.43. The minimum absolute atomic E-state index is 0.0942. The molecule has 0 spiro atoms. The molecule has 0 aromatic heterocycles. The van der Waals surface area contributed by atoms with E-state index in [-0.39, 0.29) is 12.4 Å². The maximum Gasteiger partial charge on any atom is 0.192 e. The molecule has 1 rings (SSSR count). The summed E-state index contributed by atoms with van der Waals surface area (Å²) in [7, 11) is 0.186. The van der Waals surface area contributed by atoms with Gasteiger partial charge in [0.25, 0.3) is 0 Å². The van der Waals surface area contributed by atoms with E-state index in [4.69, 9.17) is 13.9 Å². The smallest absolute Gasteiger partial charge is 0.192 e. The highest BCUT2D eigenvalue weighted by Crippen LogP contribution is 2.23. The highest BCUT2D eigenvalue weighted by Gasteiger charge is 2.28. The number of ether oxygens (including phenoxy) is 2. The zero-order valence-electron chi connectivity index (χ0n) is 17.1. The van der Waals surface area contributed by atoms with Crippen LogP contribution in [0.4, 0.5) is 0 Å². The highest BCUT2D eigenvalue weighted by molar-refractivity contribution is 6.73. The van der Waals surface area contributed by atoms with Crippen molar-refractivity contribution < 1.29 is 13.9 Å². The molecule has 0 bridgehead atoms. The molecule has 0 N–H and O–H groups in total. The van der Waals surface area contributed by atoms with Crippen molar-refractivity contribution in [2.75, 3.05) is 13.7 Å². The first kappa shape index (κ1) is 22.4. The third-order valence-corrected chi connectivity index (χ3v) is 9.87. The van der Waals surface area contributed by atoms with Gasteiger partial charge >= 0.3 is 0 Å². The first-order valence-electron chi connectivity index (χ1n) is 9.90. The van der Waals surface area contributed by atoms with E-state index in [2.05, 4.69) is 58.9 Å². The highest BCUT2D eigenvalue weighted by atomic mass is 28.4. The Morgan fingerprint density at radius 2 is 1.92 bits per heavy atom. The van der Waals surface area contributed by atoms with Gasteiger partial charge in [-0.15, -0.1) is 0 Å². The van der Waals surface area contributed by atoms with Gasteiger partial charge in [-0.25, -0.2) is 0 Å². The molecular weight excluding hydrogens is 328 g/mol. The molecule has 0 saturated carbocycles. The summed E-state index contributed by atoms with van der Waals surface area (Å²) in [6.45, 7) is 12.1. The minimum atomic E-state index is -1.49. The van der Waals surface area contributed by atoms with E-state index in [1.165, 1.54) is 23.7 Å². The van der Waals surface area contributed by atoms with Gasteiger partial charge in [0.05, 0.1) is 6.10 Å². The fraction of sp³-hybridized carbons (Fsp3) is 0.714. The standard InChI is InChI=1S/C21H38O3Si/c1-7-19(14-15-20-12-11-13-21(22-6)24-20)16-18(5)17-23-25(8-2,9-3)10-4/h11,13-16,18,20-21H,7-10,12,17H2,1-6H3/b15-14-,19-16-/t18-,20+,21+/m0/s1. The summed E-state index contributed by atoms with van der Waals surface area (Å²) in [5, 5.41) is 0. The summed E-state index contributed by atoms with van der Waals surface area (Å²) in [6, 6.07) is 3.64. The zero-order valence-corrected chi connectivity index (χ0v) is 18.1. The van der Waals surface area contributed by atoms with Gasteiger partial charge in [0, 0.05) is 13.7 Å². The van der Waals surface area contributed by atoms with E-state index in [1.807, 2.05) is 6.08 Å². The van der Waals surface area contributed by atoms with Crippen LogP contribution in [-0.2, 0) is 13.9 Å². The average Bonchev–Trinajstić information content (AvgIpc) is 2.66. The van der Waals surface area contributed by atoms with E-state index in [1.54, 1.807) is 7.11 Å². The van der Waals surface area contributed by atoms with Crippen LogP contribution in [0.1, 0.15) is 47.5 Å². The molecule has 0 aliphatic carbocycles. The zero-order chi connectivity index (χ0) is 18.7. The summed E-state index contributed by atoms with van der Waals surface area (Å²) < 4.78 is 17.5. The van der Waals surface area contributed by atoms with Crippen LogP contribution in [0.5, 0.6) is 0 Å². The molecule has 0 unspecified atom stereocenters. The molecule has 1 aliphatic heterocycles. The molecule has 1 aliphatic rings. The van der Waals surface area contributed by atoms with Crippen LogP contribution in [0.15, 0.2) is 36.0 Å². The van der Waals surface area contributed by atoms with Crippen LogP contribution in [0.25, 0.3) is 0 Å². The Hall–Kier alpha value is -0.683. The van der Waals surface area contributed by atoms with Crippen molar-refractivity contribution in [1.29, 1.82) is 0 Å². The van der Waals surface area contributed by atoms with Gasteiger partial charge in [-0.2, -0.15) is 0 Å². The molecule has 0 amide bonds. The molecule has 0 radical (unpaired) electrons. The minimum Gasteiger partial charge on any atom is -0.416 e. The van der Waals surface area contributed by atoms with Gasteiger partial charge in [0.15, 0.2) is 14.6 Å². The number of allylic oxidation sites excluding steroid dienone is 2. The van der Waals surface area contributed by atoms with Gasteiger partial charge in [-0.3, -0.25) is 0 Å². The molecule has 3 atom stereocenters. The molecule has 4 heteroatoms. The quantitative estimate of drug-likeness (QED) is 0.261. The second kappa shape index (κ2) is 11.8. The number of rotatable bonds is 11. The van der Waals surface area contributed by atoms with Crippen LogP contribution in [0, 0.1) is 5.92 Å². The third kappa shape index (κ3) is 7.61. The first-order valence-corrected chi connectivity index (χ1v) is 12.4. The van der Waals surface area contributed by atoms with Crippen molar-refractivity contribution in [3.05, 3.63) is 36.0 Å². The van der Waals surface area contributed by atoms with Crippen molar-refractivity contribution in [3.8, 4) is 0 Å². The van der Waals surface area contributed by atoms with Crippen LogP contribution in [-0.4, -0.2) is 34.4 Å². The molecule has 0 fully saturated rings. The van der Waals surface area contributed by atoms with Crippen molar-refractivity contribution in [3.63, 3.8) is 0 Å². The van der Waals surface area contributed by atoms with Crippen molar-refractivity contribution in [2.24, 2.45) is 5.92 Å². The summed E-state index contributed by atoms with van der Waals surface area (Å²) in [6.07, 6.45) is 12.6. The van der Waals surface area contributed by atoms with E-state index in [9.17, 15) is 0 Å². The molecular formula is C21H38O3Si. The largest absolute Gasteiger partial charge is 0.416 e. The Morgan fingerprint density at radius 1 is 1.24 bits per heavy atom. The summed E-state index contributed by atoms with van der Waals surface area (Å²) in [5.74, 6) is 0.440. The molecule has 0 saturated heterocycles. The Bertz CT molecular complexity index is 444. The first-order chi connectivity index (χ1) is 12.0. The van der Waals surface area contributed by atoms with Crippen LogP contribution >= 0.6 is 0 Å². The SMILES string of the molecule is CCC(/C=C\[C@H]1CC=C[C@H](OC)O1)=C/[C@H](C)CO[Si](CC)(CC)CC.